The summed E-state index contributed by atoms with van der Waals surface area (Å²) < 4.78 is 5.08. The van der Waals surface area contributed by atoms with Crippen LogP contribution in [0, 0.1) is 0 Å². The second-order valence-electron chi connectivity index (χ2n) is 15.4. The van der Waals surface area contributed by atoms with Gasteiger partial charge in [-0.25, -0.2) is 4.79 Å². The molecule has 0 aromatic heterocycles. The van der Waals surface area contributed by atoms with Gasteiger partial charge in [0.05, 0.1) is 13.0 Å². The van der Waals surface area contributed by atoms with E-state index in [4.69, 9.17) is 9.84 Å². The minimum Gasteiger partial charge on any atom is -0.481 e. The zero-order chi connectivity index (χ0) is 35.7. The van der Waals surface area contributed by atoms with Crippen molar-refractivity contribution in [2.75, 3.05) is 6.61 Å². The fourth-order valence-corrected chi connectivity index (χ4v) is 7.06. The second-order valence-corrected chi connectivity index (χ2v) is 15.4. The lowest BCUT2D eigenvalue weighted by atomic mass is 10.0. The van der Waals surface area contributed by atoms with Gasteiger partial charge in [-0.2, -0.15) is 0 Å². The monoisotopic (exact) mass is 691 g/mol. The minimum atomic E-state index is -1.05. The van der Waals surface area contributed by atoms with Gasteiger partial charge in [0, 0.05) is 5.57 Å². The molecule has 290 valence electrons. The molecule has 0 unspecified atom stereocenters. The summed E-state index contributed by atoms with van der Waals surface area (Å²) in [5, 5.41) is 8.67. The summed E-state index contributed by atoms with van der Waals surface area (Å²) >= 11 is 0. The highest BCUT2D eigenvalue weighted by atomic mass is 16.5. The van der Waals surface area contributed by atoms with E-state index in [-0.39, 0.29) is 12.0 Å². The minimum absolute atomic E-state index is 0.0177. The summed E-state index contributed by atoms with van der Waals surface area (Å²) in [4.78, 5) is 22.2. The molecule has 0 aromatic rings. The highest BCUT2D eigenvalue weighted by Gasteiger charge is 2.11. The molecule has 0 fully saturated rings. The van der Waals surface area contributed by atoms with Crippen molar-refractivity contribution in [1.29, 1.82) is 0 Å². The molecule has 4 nitrogen and oxygen atoms in total. The van der Waals surface area contributed by atoms with Gasteiger partial charge in [-0.1, -0.05) is 251 Å². The lowest BCUT2D eigenvalue weighted by Gasteiger charge is -2.06. The van der Waals surface area contributed by atoms with E-state index in [9.17, 15) is 9.59 Å². The Hall–Kier alpha value is -1.32. The number of hydrogen-bond donors (Lipinski definition) is 1. The first-order valence-electron chi connectivity index (χ1n) is 22.1. The van der Waals surface area contributed by atoms with E-state index in [0.29, 0.717) is 6.61 Å². The van der Waals surface area contributed by atoms with Crippen molar-refractivity contribution in [3.8, 4) is 0 Å². The van der Waals surface area contributed by atoms with E-state index in [0.717, 1.165) is 12.8 Å². The molecule has 0 atom stereocenters. The van der Waals surface area contributed by atoms with Crippen LogP contribution < -0.4 is 0 Å². The lowest BCUT2D eigenvalue weighted by molar-refractivity contribution is -0.142. The highest BCUT2D eigenvalue weighted by Crippen LogP contribution is 2.17. The van der Waals surface area contributed by atoms with Crippen LogP contribution in [0.4, 0.5) is 0 Å². The number of carbonyl (C=O) groups is 2. The molecular weight excluding hydrogens is 604 g/mol. The maximum absolute atomic E-state index is 11.6. The molecule has 0 heterocycles. The number of hydrogen-bond acceptors (Lipinski definition) is 3. The van der Waals surface area contributed by atoms with Gasteiger partial charge in [-0.05, 0) is 6.42 Å². The molecule has 0 saturated heterocycles. The van der Waals surface area contributed by atoms with Gasteiger partial charge in [0.2, 0.25) is 0 Å². The van der Waals surface area contributed by atoms with Crippen LogP contribution in [0.3, 0.4) is 0 Å². The summed E-state index contributed by atoms with van der Waals surface area (Å²) in [6.07, 6.45) is 53.1. The number of aliphatic carboxylic acids is 1. The summed E-state index contributed by atoms with van der Waals surface area (Å²) in [6.45, 7) is 6.13. The number of carboxylic acids is 1. The van der Waals surface area contributed by atoms with E-state index in [1.807, 2.05) is 0 Å². The van der Waals surface area contributed by atoms with Crippen LogP contribution in [-0.2, 0) is 14.3 Å². The Labute approximate surface area is 306 Å². The summed E-state index contributed by atoms with van der Waals surface area (Å²) in [7, 11) is 0. The van der Waals surface area contributed by atoms with Gasteiger partial charge in [0.15, 0.2) is 0 Å². The van der Waals surface area contributed by atoms with Crippen LogP contribution in [0.1, 0.15) is 257 Å². The van der Waals surface area contributed by atoms with Gasteiger partial charge in [0.1, 0.15) is 0 Å². The topological polar surface area (TPSA) is 63.6 Å². The van der Waals surface area contributed by atoms with Crippen molar-refractivity contribution < 1.29 is 19.4 Å². The summed E-state index contributed by atoms with van der Waals surface area (Å²) in [5.41, 5.74) is 0.0177. The van der Waals surface area contributed by atoms with Crippen LogP contribution in [-0.4, -0.2) is 23.7 Å². The third kappa shape index (κ3) is 41.0. The quantitative estimate of drug-likeness (QED) is 0.0393. The van der Waals surface area contributed by atoms with Gasteiger partial charge in [-0.15, -0.1) is 0 Å². The second kappa shape index (κ2) is 41.1. The first-order valence-corrected chi connectivity index (χ1v) is 22.1. The van der Waals surface area contributed by atoms with E-state index in [1.54, 1.807) is 0 Å². The Bertz CT molecular complexity index is 702. The Morgan fingerprint density at radius 2 is 0.592 bits per heavy atom. The van der Waals surface area contributed by atoms with Crippen molar-refractivity contribution in [2.24, 2.45) is 0 Å². The number of carboxylic acid groups (broad SMARTS) is 1. The fraction of sp³-hybridized carbons (Fsp3) is 0.911. The standard InChI is InChI=1S/C45H86O4/c1-3-4-5-6-7-8-9-10-11-12-13-14-15-16-17-18-19-20-21-22-23-24-25-26-27-28-29-30-31-32-33-34-35-36-37-38-39-40-41-49-45(48)43(2)42-44(46)47/h2-42H2,1H3,(H,46,47). The van der Waals surface area contributed by atoms with Crippen molar-refractivity contribution >= 4 is 11.9 Å². The van der Waals surface area contributed by atoms with E-state index in [1.165, 1.54) is 231 Å². The first kappa shape index (κ1) is 47.7. The molecule has 0 aliphatic heterocycles. The van der Waals surface area contributed by atoms with Crippen LogP contribution in [0.15, 0.2) is 12.2 Å². The molecule has 4 heteroatoms. The molecule has 49 heavy (non-hydrogen) atoms. The van der Waals surface area contributed by atoms with Crippen LogP contribution in [0.2, 0.25) is 0 Å². The molecule has 0 aliphatic carbocycles. The van der Waals surface area contributed by atoms with Gasteiger partial charge in [-0.3, -0.25) is 4.79 Å². The van der Waals surface area contributed by atoms with Crippen molar-refractivity contribution in [3.05, 3.63) is 12.2 Å². The molecular formula is C45H86O4. The molecule has 1 N–H and O–H groups in total. The summed E-state index contributed by atoms with van der Waals surface area (Å²) in [5.74, 6) is -1.63. The van der Waals surface area contributed by atoms with Crippen LogP contribution in [0.5, 0.6) is 0 Å². The molecule has 0 aliphatic rings. The maximum Gasteiger partial charge on any atom is 0.333 e. The number of unbranched alkanes of at least 4 members (excludes halogenated alkanes) is 37. The van der Waals surface area contributed by atoms with E-state index in [2.05, 4.69) is 13.5 Å². The molecule has 0 aromatic carbocycles. The molecule has 0 radical (unpaired) electrons. The van der Waals surface area contributed by atoms with E-state index < -0.39 is 11.9 Å². The third-order valence-corrected chi connectivity index (χ3v) is 10.4. The number of ether oxygens (including phenoxy) is 1. The predicted molar refractivity (Wildman–Crippen MR) is 213 cm³/mol. The first-order chi connectivity index (χ1) is 24.1. The highest BCUT2D eigenvalue weighted by molar-refractivity contribution is 5.92. The van der Waals surface area contributed by atoms with Gasteiger partial charge >= 0.3 is 11.9 Å². The lowest BCUT2D eigenvalue weighted by Crippen LogP contribution is -2.11. The Morgan fingerprint density at radius 3 is 0.796 bits per heavy atom. The third-order valence-electron chi connectivity index (χ3n) is 10.4. The smallest absolute Gasteiger partial charge is 0.333 e. The molecule has 0 spiro atoms. The Kier molecular flexibility index (Phi) is 40.0. The predicted octanol–water partition coefficient (Wildman–Crippen LogP) is 15.4. The average Bonchev–Trinajstić information content (AvgIpc) is 3.08. The SMILES string of the molecule is C=C(CC(=O)O)C(=O)OCCCCCCCCCCCCCCCCCCCCCCCCCCCCCCCCCCCCCCCC. The Morgan fingerprint density at radius 1 is 0.388 bits per heavy atom. The molecule has 0 saturated carbocycles. The van der Waals surface area contributed by atoms with Crippen molar-refractivity contribution in [2.45, 2.75) is 257 Å². The molecule has 0 bridgehead atoms. The number of carbonyl (C=O) groups excluding carboxylic acids is 1. The van der Waals surface area contributed by atoms with Crippen molar-refractivity contribution in [1.82, 2.24) is 0 Å². The largest absolute Gasteiger partial charge is 0.481 e. The number of esters is 1. The van der Waals surface area contributed by atoms with Gasteiger partial charge in [0.25, 0.3) is 0 Å². The average molecular weight is 691 g/mol. The van der Waals surface area contributed by atoms with Gasteiger partial charge < -0.3 is 9.84 Å². The van der Waals surface area contributed by atoms with Crippen LogP contribution >= 0.6 is 0 Å². The number of rotatable bonds is 42. The maximum atomic E-state index is 11.6. The summed E-state index contributed by atoms with van der Waals surface area (Å²) in [6, 6.07) is 0. The fourth-order valence-electron chi connectivity index (χ4n) is 7.06. The molecule has 0 rings (SSSR count). The normalized spacial score (nSPS) is 11.3. The van der Waals surface area contributed by atoms with E-state index >= 15 is 0 Å². The zero-order valence-corrected chi connectivity index (χ0v) is 33.2. The zero-order valence-electron chi connectivity index (χ0n) is 33.2. The van der Waals surface area contributed by atoms with Crippen molar-refractivity contribution in [3.63, 3.8) is 0 Å². The van der Waals surface area contributed by atoms with Crippen LogP contribution in [0.25, 0.3) is 0 Å². The Balaban J connectivity index is 3.11. The molecule has 0 amide bonds.